The molecule has 1 aliphatic heterocycles. The number of hydrogen-bond acceptors (Lipinski definition) is 2. The molecule has 0 bridgehead atoms. The number of ether oxygens (including phenoxy) is 2. The highest BCUT2D eigenvalue weighted by atomic mass is 16.5. The molecule has 0 aromatic rings. The molecule has 1 fully saturated rings. The molecule has 0 spiro atoms. The van der Waals surface area contributed by atoms with Crippen LogP contribution in [-0.4, -0.2) is 32.0 Å². The number of quaternary nitrogens is 1. The van der Waals surface area contributed by atoms with Crippen LogP contribution in [0.15, 0.2) is 0 Å². The van der Waals surface area contributed by atoms with E-state index in [0.29, 0.717) is 12.1 Å². The first kappa shape index (κ1) is 8.97. The van der Waals surface area contributed by atoms with Crippen molar-refractivity contribution in [1.29, 1.82) is 0 Å². The Kier molecular flexibility index (Phi) is 3.83. The molecule has 1 saturated heterocycles. The summed E-state index contributed by atoms with van der Waals surface area (Å²) in [7, 11) is 0. The molecule has 1 heterocycles. The number of hydrogen-bond donors (Lipinski definition) is 1. The van der Waals surface area contributed by atoms with Gasteiger partial charge in [-0.05, 0) is 19.8 Å². The standard InChI is InChI=1S/C8H17NO2/c1-7(9)5-10-6-8-3-2-4-11-8/h7-8H,2-6,9H2,1H3/p+1/t7-,8+/m1/s1. The van der Waals surface area contributed by atoms with Crippen molar-refractivity contribution in [1.82, 2.24) is 0 Å². The van der Waals surface area contributed by atoms with Crippen LogP contribution in [-0.2, 0) is 9.47 Å². The van der Waals surface area contributed by atoms with Crippen LogP contribution in [0.4, 0.5) is 0 Å². The molecule has 0 radical (unpaired) electrons. The summed E-state index contributed by atoms with van der Waals surface area (Å²) in [6.45, 7) is 4.46. The van der Waals surface area contributed by atoms with Crippen LogP contribution in [0.1, 0.15) is 19.8 Å². The van der Waals surface area contributed by atoms with Gasteiger partial charge in [-0.15, -0.1) is 0 Å². The molecule has 3 N–H and O–H groups in total. The van der Waals surface area contributed by atoms with E-state index >= 15 is 0 Å². The molecular formula is C8H18NO2+. The Hall–Kier alpha value is -0.120. The summed E-state index contributed by atoms with van der Waals surface area (Å²) in [6.07, 6.45) is 2.70. The maximum Gasteiger partial charge on any atom is 0.105 e. The van der Waals surface area contributed by atoms with Gasteiger partial charge in [0.1, 0.15) is 6.04 Å². The second kappa shape index (κ2) is 4.70. The summed E-state index contributed by atoms with van der Waals surface area (Å²) < 4.78 is 10.8. The highest BCUT2D eigenvalue weighted by Gasteiger charge is 2.15. The molecule has 0 aromatic carbocycles. The predicted octanol–water partition coefficient (Wildman–Crippen LogP) is -0.188. The monoisotopic (exact) mass is 160 g/mol. The molecule has 0 unspecified atom stereocenters. The second-order valence-corrected chi connectivity index (χ2v) is 3.28. The fourth-order valence-corrected chi connectivity index (χ4v) is 1.18. The van der Waals surface area contributed by atoms with E-state index in [-0.39, 0.29) is 0 Å². The maximum atomic E-state index is 5.39. The maximum absolute atomic E-state index is 5.39. The molecule has 1 rings (SSSR count). The fraction of sp³-hybridized carbons (Fsp3) is 1.00. The van der Waals surface area contributed by atoms with E-state index in [1.54, 1.807) is 0 Å². The predicted molar refractivity (Wildman–Crippen MR) is 42.1 cm³/mol. The van der Waals surface area contributed by atoms with Crippen molar-refractivity contribution in [3.05, 3.63) is 0 Å². The van der Waals surface area contributed by atoms with E-state index in [4.69, 9.17) is 9.47 Å². The zero-order chi connectivity index (χ0) is 8.10. The molecule has 2 atom stereocenters. The molecule has 3 nitrogen and oxygen atoms in total. The Balaban J connectivity index is 1.94. The molecule has 66 valence electrons. The minimum absolute atomic E-state index is 0.355. The molecule has 1 aliphatic rings. The highest BCUT2D eigenvalue weighted by Crippen LogP contribution is 2.11. The van der Waals surface area contributed by atoms with Crippen LogP contribution in [0.25, 0.3) is 0 Å². The summed E-state index contributed by atoms with van der Waals surface area (Å²) >= 11 is 0. The normalized spacial score (nSPS) is 27.3. The van der Waals surface area contributed by atoms with Gasteiger partial charge in [-0.3, -0.25) is 0 Å². The zero-order valence-corrected chi connectivity index (χ0v) is 7.21. The Bertz CT molecular complexity index is 100. The average molecular weight is 160 g/mol. The first-order valence-corrected chi connectivity index (χ1v) is 4.31. The lowest BCUT2D eigenvalue weighted by Crippen LogP contribution is -2.61. The van der Waals surface area contributed by atoms with E-state index in [9.17, 15) is 0 Å². The van der Waals surface area contributed by atoms with Gasteiger partial charge >= 0.3 is 0 Å². The molecule has 3 heteroatoms. The first-order valence-electron chi connectivity index (χ1n) is 4.31. The molecule has 0 aliphatic carbocycles. The van der Waals surface area contributed by atoms with Crippen molar-refractivity contribution >= 4 is 0 Å². The van der Waals surface area contributed by atoms with Gasteiger partial charge in [0.05, 0.1) is 19.3 Å². The third-order valence-corrected chi connectivity index (χ3v) is 1.73. The Morgan fingerprint density at radius 3 is 3.09 bits per heavy atom. The van der Waals surface area contributed by atoms with Crippen molar-refractivity contribution in [3.63, 3.8) is 0 Å². The van der Waals surface area contributed by atoms with E-state index in [2.05, 4.69) is 12.7 Å². The zero-order valence-electron chi connectivity index (χ0n) is 7.21. The van der Waals surface area contributed by atoms with E-state index in [1.807, 2.05) is 0 Å². The average Bonchev–Trinajstić information content (AvgIpc) is 2.39. The van der Waals surface area contributed by atoms with Gasteiger partial charge in [-0.25, -0.2) is 0 Å². The molecular weight excluding hydrogens is 142 g/mol. The van der Waals surface area contributed by atoms with Gasteiger partial charge in [-0.1, -0.05) is 0 Å². The summed E-state index contributed by atoms with van der Waals surface area (Å²) in [5.41, 5.74) is 3.84. The van der Waals surface area contributed by atoms with Crippen molar-refractivity contribution in [2.24, 2.45) is 0 Å². The molecule has 0 amide bonds. The lowest BCUT2D eigenvalue weighted by Gasteiger charge is -2.09. The van der Waals surface area contributed by atoms with Crippen LogP contribution >= 0.6 is 0 Å². The molecule has 0 saturated carbocycles. The van der Waals surface area contributed by atoms with Crippen LogP contribution in [0.3, 0.4) is 0 Å². The smallest absolute Gasteiger partial charge is 0.105 e. The van der Waals surface area contributed by atoms with Crippen molar-refractivity contribution < 1.29 is 15.2 Å². The number of rotatable bonds is 4. The topological polar surface area (TPSA) is 46.1 Å². The van der Waals surface area contributed by atoms with Gasteiger partial charge < -0.3 is 15.2 Å². The quantitative estimate of drug-likeness (QED) is 0.619. The third-order valence-electron chi connectivity index (χ3n) is 1.73. The van der Waals surface area contributed by atoms with Gasteiger partial charge in [0.15, 0.2) is 0 Å². The van der Waals surface area contributed by atoms with Gasteiger partial charge in [0, 0.05) is 6.61 Å². The van der Waals surface area contributed by atoms with Crippen LogP contribution in [0.5, 0.6) is 0 Å². The lowest BCUT2D eigenvalue weighted by molar-refractivity contribution is -0.421. The SMILES string of the molecule is C[C@@H]([NH3+])COC[C@@H]1CCCO1. The van der Waals surface area contributed by atoms with Crippen molar-refractivity contribution in [3.8, 4) is 0 Å². The highest BCUT2D eigenvalue weighted by molar-refractivity contribution is 4.63. The Labute approximate surface area is 67.9 Å². The first-order chi connectivity index (χ1) is 5.29. The van der Waals surface area contributed by atoms with Gasteiger partial charge in [0.25, 0.3) is 0 Å². The molecule has 0 aromatic heterocycles. The fourth-order valence-electron chi connectivity index (χ4n) is 1.18. The largest absolute Gasteiger partial charge is 0.376 e. The molecule has 11 heavy (non-hydrogen) atoms. The van der Waals surface area contributed by atoms with Crippen molar-refractivity contribution in [2.75, 3.05) is 19.8 Å². The van der Waals surface area contributed by atoms with E-state index in [1.165, 1.54) is 6.42 Å². The Morgan fingerprint density at radius 2 is 2.55 bits per heavy atom. The minimum Gasteiger partial charge on any atom is -0.376 e. The Morgan fingerprint density at radius 1 is 1.73 bits per heavy atom. The van der Waals surface area contributed by atoms with Crippen LogP contribution in [0.2, 0.25) is 0 Å². The lowest BCUT2D eigenvalue weighted by atomic mass is 10.2. The summed E-state index contributed by atoms with van der Waals surface area (Å²) in [6, 6.07) is 0.386. The third kappa shape index (κ3) is 3.70. The van der Waals surface area contributed by atoms with Crippen molar-refractivity contribution in [2.45, 2.75) is 31.9 Å². The minimum atomic E-state index is 0.355. The summed E-state index contributed by atoms with van der Waals surface area (Å²) in [5.74, 6) is 0. The van der Waals surface area contributed by atoms with Crippen LogP contribution in [0, 0.1) is 0 Å². The van der Waals surface area contributed by atoms with Gasteiger partial charge in [0.2, 0.25) is 0 Å². The summed E-state index contributed by atoms with van der Waals surface area (Å²) in [5, 5.41) is 0. The van der Waals surface area contributed by atoms with E-state index in [0.717, 1.165) is 26.2 Å². The van der Waals surface area contributed by atoms with Crippen LogP contribution < -0.4 is 5.73 Å². The van der Waals surface area contributed by atoms with E-state index < -0.39 is 0 Å². The summed E-state index contributed by atoms with van der Waals surface area (Å²) in [4.78, 5) is 0. The van der Waals surface area contributed by atoms with Gasteiger partial charge in [-0.2, -0.15) is 0 Å². The second-order valence-electron chi connectivity index (χ2n) is 3.28.